The van der Waals surface area contributed by atoms with Gasteiger partial charge in [0.1, 0.15) is 5.75 Å². The molecule has 0 saturated heterocycles. The van der Waals surface area contributed by atoms with E-state index in [1.54, 1.807) is 19.2 Å². The van der Waals surface area contributed by atoms with Gasteiger partial charge in [0, 0.05) is 25.3 Å². The topological polar surface area (TPSA) is 90.7 Å². The van der Waals surface area contributed by atoms with Gasteiger partial charge in [-0.25, -0.2) is 13.1 Å². The van der Waals surface area contributed by atoms with Crippen molar-refractivity contribution in [3.8, 4) is 5.75 Å². The molecule has 0 heterocycles. The molecule has 0 aromatic heterocycles. The summed E-state index contributed by atoms with van der Waals surface area (Å²) in [4.78, 5) is 0.181. The predicted octanol–water partition coefficient (Wildman–Crippen LogP) is 1.25. The number of sulfonamides is 1. The number of nitrogens with one attached hydrogen (secondary N) is 1. The predicted molar refractivity (Wildman–Crippen MR) is 81.8 cm³/mol. The minimum atomic E-state index is -3.60. The Morgan fingerprint density at radius 1 is 1.33 bits per heavy atom. The fourth-order valence-corrected chi connectivity index (χ4v) is 3.26. The van der Waals surface area contributed by atoms with E-state index in [0.29, 0.717) is 30.9 Å². The lowest BCUT2D eigenvalue weighted by atomic mass is 10.2. The number of hydrogen-bond donors (Lipinski definition) is 2. The van der Waals surface area contributed by atoms with Crippen LogP contribution >= 0.6 is 0 Å². The van der Waals surface area contributed by atoms with E-state index in [1.807, 2.05) is 13.8 Å². The van der Waals surface area contributed by atoms with Crippen molar-refractivity contribution < 1.29 is 17.9 Å². The van der Waals surface area contributed by atoms with Crippen LogP contribution in [0.4, 0.5) is 0 Å². The van der Waals surface area contributed by atoms with E-state index < -0.39 is 10.0 Å². The van der Waals surface area contributed by atoms with Gasteiger partial charge in [-0.3, -0.25) is 0 Å². The lowest BCUT2D eigenvalue weighted by Gasteiger charge is -2.17. The number of methoxy groups -OCH3 is 1. The highest BCUT2D eigenvalue weighted by atomic mass is 32.2. The molecule has 120 valence electrons. The third-order valence-corrected chi connectivity index (χ3v) is 4.56. The first kappa shape index (κ1) is 17.9. The lowest BCUT2D eigenvalue weighted by molar-refractivity contribution is 0.173. The Labute approximate surface area is 126 Å². The maximum Gasteiger partial charge on any atom is 0.240 e. The summed E-state index contributed by atoms with van der Waals surface area (Å²) in [6.07, 6.45) is 0.647. The molecule has 0 amide bonds. The Kier molecular flexibility index (Phi) is 7.10. The van der Waals surface area contributed by atoms with Crippen LogP contribution in [-0.4, -0.2) is 34.8 Å². The van der Waals surface area contributed by atoms with E-state index in [9.17, 15) is 8.42 Å². The van der Waals surface area contributed by atoms with Gasteiger partial charge in [0.15, 0.2) is 0 Å². The van der Waals surface area contributed by atoms with Crippen LogP contribution in [-0.2, 0) is 21.3 Å². The first-order valence-electron chi connectivity index (χ1n) is 6.95. The molecule has 21 heavy (non-hydrogen) atoms. The monoisotopic (exact) mass is 316 g/mol. The Morgan fingerprint density at radius 3 is 2.57 bits per heavy atom. The Balaban J connectivity index is 3.02. The molecule has 1 aromatic carbocycles. The fourth-order valence-electron chi connectivity index (χ4n) is 1.90. The van der Waals surface area contributed by atoms with Gasteiger partial charge in [0.2, 0.25) is 10.0 Å². The summed E-state index contributed by atoms with van der Waals surface area (Å²) >= 11 is 0. The summed E-state index contributed by atoms with van der Waals surface area (Å²) in [7, 11) is -2.06. The Bertz CT molecular complexity index is 546. The van der Waals surface area contributed by atoms with Gasteiger partial charge >= 0.3 is 0 Å². The summed E-state index contributed by atoms with van der Waals surface area (Å²) in [5.74, 6) is 0.614. The van der Waals surface area contributed by atoms with Gasteiger partial charge in [0.05, 0.1) is 18.1 Å². The minimum absolute atomic E-state index is 0.181. The first-order chi connectivity index (χ1) is 9.98. The van der Waals surface area contributed by atoms with Crippen LogP contribution in [0.5, 0.6) is 5.75 Å². The van der Waals surface area contributed by atoms with Crippen molar-refractivity contribution in [1.82, 2.24) is 4.72 Å². The molecule has 6 nitrogen and oxygen atoms in total. The average Bonchev–Trinajstić information content (AvgIpc) is 2.47. The largest absolute Gasteiger partial charge is 0.494 e. The molecule has 0 saturated carbocycles. The van der Waals surface area contributed by atoms with Gasteiger partial charge in [0.25, 0.3) is 0 Å². The third-order valence-electron chi connectivity index (χ3n) is 3.04. The van der Waals surface area contributed by atoms with Crippen molar-refractivity contribution >= 4 is 10.0 Å². The average molecular weight is 316 g/mol. The van der Waals surface area contributed by atoms with E-state index in [2.05, 4.69) is 4.72 Å². The molecule has 1 aromatic rings. The molecule has 0 radical (unpaired) electrons. The van der Waals surface area contributed by atoms with Crippen molar-refractivity contribution in [1.29, 1.82) is 0 Å². The molecule has 1 unspecified atom stereocenters. The van der Waals surface area contributed by atoms with Gasteiger partial charge in [-0.1, -0.05) is 6.92 Å². The van der Waals surface area contributed by atoms with Crippen molar-refractivity contribution in [2.45, 2.75) is 37.8 Å². The lowest BCUT2D eigenvalue weighted by Crippen LogP contribution is -2.37. The SMILES string of the molecule is CCOc1ccc(S(=O)(=O)NC(CC)COC)cc1CN. The molecule has 0 aliphatic carbocycles. The normalized spacial score (nSPS) is 13.1. The minimum Gasteiger partial charge on any atom is -0.494 e. The second kappa shape index (κ2) is 8.33. The zero-order valence-electron chi connectivity index (χ0n) is 12.8. The number of nitrogens with two attached hydrogens (primary N) is 1. The second-order valence-electron chi connectivity index (χ2n) is 4.59. The van der Waals surface area contributed by atoms with Crippen LogP contribution in [0.15, 0.2) is 23.1 Å². The molecule has 0 bridgehead atoms. The summed E-state index contributed by atoms with van der Waals surface area (Å²) in [5, 5.41) is 0. The number of rotatable bonds is 9. The Morgan fingerprint density at radius 2 is 2.05 bits per heavy atom. The fraction of sp³-hybridized carbons (Fsp3) is 0.571. The van der Waals surface area contributed by atoms with Gasteiger partial charge in [-0.15, -0.1) is 0 Å². The smallest absolute Gasteiger partial charge is 0.240 e. The quantitative estimate of drug-likeness (QED) is 0.715. The maximum atomic E-state index is 12.4. The van der Waals surface area contributed by atoms with Crippen LogP contribution in [0.3, 0.4) is 0 Å². The second-order valence-corrected chi connectivity index (χ2v) is 6.30. The van der Waals surface area contributed by atoms with Crippen molar-refractivity contribution in [3.63, 3.8) is 0 Å². The highest BCUT2D eigenvalue weighted by Crippen LogP contribution is 2.22. The molecular formula is C14H24N2O4S. The molecule has 3 N–H and O–H groups in total. The highest BCUT2D eigenvalue weighted by molar-refractivity contribution is 7.89. The molecule has 7 heteroatoms. The first-order valence-corrected chi connectivity index (χ1v) is 8.43. The zero-order valence-corrected chi connectivity index (χ0v) is 13.6. The molecule has 0 aliphatic rings. The Hall–Kier alpha value is -1.15. The standard InChI is InChI=1S/C14H24N2O4S/c1-4-12(10-19-3)16-21(17,18)13-6-7-14(20-5-2)11(8-13)9-15/h6-8,12,16H,4-5,9-10,15H2,1-3H3. The molecule has 0 spiro atoms. The maximum absolute atomic E-state index is 12.4. The van der Waals surface area contributed by atoms with Crippen LogP contribution in [0.2, 0.25) is 0 Å². The summed E-state index contributed by atoms with van der Waals surface area (Å²) in [6, 6.07) is 4.45. The number of benzene rings is 1. The van der Waals surface area contributed by atoms with Crippen molar-refractivity contribution in [3.05, 3.63) is 23.8 Å². The van der Waals surface area contributed by atoms with Crippen molar-refractivity contribution in [2.75, 3.05) is 20.3 Å². The van der Waals surface area contributed by atoms with Crippen molar-refractivity contribution in [2.24, 2.45) is 5.73 Å². The van der Waals surface area contributed by atoms with E-state index >= 15 is 0 Å². The van der Waals surface area contributed by atoms with Gasteiger partial charge < -0.3 is 15.2 Å². The third kappa shape index (κ3) is 4.96. The zero-order chi connectivity index (χ0) is 15.9. The molecule has 1 atom stereocenters. The van der Waals surface area contributed by atoms with E-state index in [-0.39, 0.29) is 17.5 Å². The van der Waals surface area contributed by atoms with E-state index in [4.69, 9.17) is 15.2 Å². The highest BCUT2D eigenvalue weighted by Gasteiger charge is 2.20. The van der Waals surface area contributed by atoms with Crippen LogP contribution in [0, 0.1) is 0 Å². The van der Waals surface area contributed by atoms with E-state index in [1.165, 1.54) is 6.07 Å². The summed E-state index contributed by atoms with van der Waals surface area (Å²) in [5.41, 5.74) is 6.32. The summed E-state index contributed by atoms with van der Waals surface area (Å²) < 4.78 is 37.8. The van der Waals surface area contributed by atoms with Crippen LogP contribution < -0.4 is 15.2 Å². The van der Waals surface area contributed by atoms with Crippen LogP contribution in [0.1, 0.15) is 25.8 Å². The van der Waals surface area contributed by atoms with E-state index in [0.717, 1.165) is 0 Å². The van der Waals surface area contributed by atoms with Gasteiger partial charge in [-0.2, -0.15) is 0 Å². The molecule has 0 aliphatic heterocycles. The molecule has 1 rings (SSSR count). The molecular weight excluding hydrogens is 292 g/mol. The number of hydrogen-bond acceptors (Lipinski definition) is 5. The summed E-state index contributed by atoms with van der Waals surface area (Å²) in [6.45, 7) is 4.81. The van der Waals surface area contributed by atoms with Crippen LogP contribution in [0.25, 0.3) is 0 Å². The number of ether oxygens (including phenoxy) is 2. The molecule has 0 fully saturated rings. The van der Waals surface area contributed by atoms with Gasteiger partial charge in [-0.05, 0) is 31.5 Å².